The van der Waals surface area contributed by atoms with Crippen molar-refractivity contribution in [2.75, 3.05) is 6.54 Å². The van der Waals surface area contributed by atoms with Crippen LogP contribution in [0.2, 0.25) is 10.0 Å². The van der Waals surface area contributed by atoms with Crippen molar-refractivity contribution in [2.45, 2.75) is 25.2 Å². The molecule has 2 N–H and O–H groups in total. The topological polar surface area (TPSA) is 26.0 Å². The third-order valence-corrected chi connectivity index (χ3v) is 5.17. The predicted molar refractivity (Wildman–Crippen MR) is 90.2 cm³/mol. The van der Waals surface area contributed by atoms with Crippen molar-refractivity contribution in [3.05, 3.63) is 69.2 Å². The molecule has 2 atom stereocenters. The van der Waals surface area contributed by atoms with E-state index in [-0.39, 0.29) is 0 Å². The largest absolute Gasteiger partial charge is 0.330 e. The molecule has 2 aromatic carbocycles. The summed E-state index contributed by atoms with van der Waals surface area (Å²) in [6.45, 7) is 0.751. The molecule has 1 nitrogen and oxygen atoms in total. The highest BCUT2D eigenvalue weighted by Crippen LogP contribution is 2.41. The van der Waals surface area contributed by atoms with Gasteiger partial charge in [-0.05, 0) is 60.5 Å². The Morgan fingerprint density at radius 2 is 1.86 bits per heavy atom. The van der Waals surface area contributed by atoms with Crippen LogP contribution < -0.4 is 5.73 Å². The normalized spacial score (nSPS) is 21.1. The van der Waals surface area contributed by atoms with Gasteiger partial charge in [-0.2, -0.15) is 0 Å². The zero-order valence-corrected chi connectivity index (χ0v) is 13.4. The zero-order chi connectivity index (χ0) is 14.8. The lowest BCUT2D eigenvalue weighted by Crippen LogP contribution is -2.21. The summed E-state index contributed by atoms with van der Waals surface area (Å²) >= 11 is 12.3. The van der Waals surface area contributed by atoms with Gasteiger partial charge in [0.2, 0.25) is 0 Å². The molecule has 0 fully saturated rings. The van der Waals surface area contributed by atoms with E-state index >= 15 is 0 Å². The SMILES string of the molecule is NCCC1Cc2ccccc2C(c2ccc(Cl)c(Cl)c2)C1. The molecule has 1 aliphatic rings. The van der Waals surface area contributed by atoms with Crippen molar-refractivity contribution in [2.24, 2.45) is 11.7 Å². The summed E-state index contributed by atoms with van der Waals surface area (Å²) in [5, 5.41) is 1.25. The summed E-state index contributed by atoms with van der Waals surface area (Å²) in [4.78, 5) is 0. The van der Waals surface area contributed by atoms with Crippen LogP contribution in [0.15, 0.2) is 42.5 Å². The summed E-state index contributed by atoms with van der Waals surface area (Å²) in [5.74, 6) is 1.03. The van der Waals surface area contributed by atoms with E-state index in [2.05, 4.69) is 30.3 Å². The number of fused-ring (bicyclic) bond motifs is 1. The van der Waals surface area contributed by atoms with Gasteiger partial charge in [0.25, 0.3) is 0 Å². The van der Waals surface area contributed by atoms with Crippen molar-refractivity contribution in [3.8, 4) is 0 Å². The number of halogens is 2. The standard InChI is InChI=1S/C18H19Cl2N/c19-17-6-5-14(11-18(17)20)16-10-12(7-8-21)9-13-3-1-2-4-15(13)16/h1-6,11-12,16H,7-10,21H2. The summed E-state index contributed by atoms with van der Waals surface area (Å²) in [5.41, 5.74) is 9.88. The molecule has 0 saturated carbocycles. The van der Waals surface area contributed by atoms with Crippen molar-refractivity contribution < 1.29 is 0 Å². The molecule has 0 heterocycles. The van der Waals surface area contributed by atoms with Crippen LogP contribution in [0.25, 0.3) is 0 Å². The van der Waals surface area contributed by atoms with Gasteiger partial charge in [0.1, 0.15) is 0 Å². The third kappa shape index (κ3) is 3.11. The Balaban J connectivity index is 2.01. The van der Waals surface area contributed by atoms with Crippen molar-refractivity contribution in [1.29, 1.82) is 0 Å². The maximum Gasteiger partial charge on any atom is 0.0595 e. The van der Waals surface area contributed by atoms with E-state index in [4.69, 9.17) is 28.9 Å². The second kappa shape index (κ2) is 6.39. The Morgan fingerprint density at radius 1 is 1.05 bits per heavy atom. The molecule has 0 aliphatic heterocycles. The average molecular weight is 320 g/mol. The van der Waals surface area contributed by atoms with Gasteiger partial charge in [0, 0.05) is 5.92 Å². The molecular weight excluding hydrogens is 301 g/mol. The lowest BCUT2D eigenvalue weighted by molar-refractivity contribution is 0.406. The van der Waals surface area contributed by atoms with Crippen LogP contribution in [0.3, 0.4) is 0 Å². The van der Waals surface area contributed by atoms with E-state index in [0.717, 1.165) is 25.8 Å². The van der Waals surface area contributed by atoms with E-state index < -0.39 is 0 Å². The molecule has 3 heteroatoms. The maximum absolute atomic E-state index is 6.21. The molecule has 110 valence electrons. The summed E-state index contributed by atoms with van der Waals surface area (Å²) in [6, 6.07) is 14.7. The van der Waals surface area contributed by atoms with Crippen LogP contribution in [0, 0.1) is 5.92 Å². The molecule has 0 saturated heterocycles. The predicted octanol–water partition coefficient (Wildman–Crippen LogP) is 5.04. The first-order valence-corrected chi connectivity index (χ1v) is 8.17. The van der Waals surface area contributed by atoms with E-state index in [0.29, 0.717) is 21.9 Å². The first-order chi connectivity index (χ1) is 10.2. The van der Waals surface area contributed by atoms with Crippen LogP contribution >= 0.6 is 23.2 Å². The van der Waals surface area contributed by atoms with E-state index in [1.807, 2.05) is 12.1 Å². The van der Waals surface area contributed by atoms with Crippen LogP contribution in [-0.4, -0.2) is 6.54 Å². The molecule has 0 radical (unpaired) electrons. The highest BCUT2D eigenvalue weighted by molar-refractivity contribution is 6.42. The fraction of sp³-hybridized carbons (Fsp3) is 0.333. The Kier molecular flexibility index (Phi) is 4.54. The van der Waals surface area contributed by atoms with Gasteiger partial charge in [-0.1, -0.05) is 53.5 Å². The Labute approximate surface area is 136 Å². The first-order valence-electron chi connectivity index (χ1n) is 7.42. The third-order valence-electron chi connectivity index (χ3n) is 4.43. The Hall–Kier alpha value is -1.02. The fourth-order valence-electron chi connectivity index (χ4n) is 3.42. The molecular formula is C18H19Cl2N. The van der Waals surface area contributed by atoms with Crippen molar-refractivity contribution in [3.63, 3.8) is 0 Å². The van der Waals surface area contributed by atoms with Gasteiger partial charge in [-0.15, -0.1) is 0 Å². The molecule has 0 aromatic heterocycles. The maximum atomic E-state index is 6.21. The first kappa shape index (κ1) is 14.9. The van der Waals surface area contributed by atoms with Crippen molar-refractivity contribution in [1.82, 2.24) is 0 Å². The van der Waals surface area contributed by atoms with Crippen LogP contribution in [-0.2, 0) is 6.42 Å². The highest BCUT2D eigenvalue weighted by atomic mass is 35.5. The number of hydrogen-bond acceptors (Lipinski definition) is 1. The minimum Gasteiger partial charge on any atom is -0.330 e. The smallest absolute Gasteiger partial charge is 0.0595 e. The Bertz CT molecular complexity index is 639. The number of benzene rings is 2. The molecule has 0 bridgehead atoms. The minimum absolute atomic E-state index is 0.390. The van der Waals surface area contributed by atoms with Crippen LogP contribution in [0.5, 0.6) is 0 Å². The van der Waals surface area contributed by atoms with E-state index in [1.165, 1.54) is 16.7 Å². The molecule has 21 heavy (non-hydrogen) atoms. The van der Waals surface area contributed by atoms with Crippen LogP contribution in [0.4, 0.5) is 0 Å². The fourth-order valence-corrected chi connectivity index (χ4v) is 3.72. The average Bonchev–Trinajstić information content (AvgIpc) is 2.50. The molecule has 2 aromatic rings. The summed E-state index contributed by atoms with van der Waals surface area (Å²) < 4.78 is 0. The Morgan fingerprint density at radius 3 is 2.62 bits per heavy atom. The second-order valence-electron chi connectivity index (χ2n) is 5.81. The van der Waals surface area contributed by atoms with Crippen molar-refractivity contribution >= 4 is 23.2 Å². The second-order valence-corrected chi connectivity index (χ2v) is 6.62. The van der Waals surface area contributed by atoms with Gasteiger partial charge < -0.3 is 5.73 Å². The van der Waals surface area contributed by atoms with Gasteiger partial charge in [0.15, 0.2) is 0 Å². The van der Waals surface area contributed by atoms with Gasteiger partial charge >= 0.3 is 0 Å². The minimum atomic E-state index is 0.390. The van der Waals surface area contributed by atoms with Crippen LogP contribution in [0.1, 0.15) is 35.4 Å². The summed E-state index contributed by atoms with van der Waals surface area (Å²) in [7, 11) is 0. The number of hydrogen-bond donors (Lipinski definition) is 1. The molecule has 1 aliphatic carbocycles. The lowest BCUT2D eigenvalue weighted by Gasteiger charge is -2.32. The molecule has 0 amide bonds. The highest BCUT2D eigenvalue weighted by Gasteiger charge is 2.27. The van der Waals surface area contributed by atoms with Gasteiger partial charge in [0.05, 0.1) is 10.0 Å². The monoisotopic (exact) mass is 319 g/mol. The molecule has 0 spiro atoms. The lowest BCUT2D eigenvalue weighted by atomic mass is 9.73. The quantitative estimate of drug-likeness (QED) is 0.843. The van der Waals surface area contributed by atoms with Gasteiger partial charge in [-0.3, -0.25) is 0 Å². The zero-order valence-electron chi connectivity index (χ0n) is 11.9. The summed E-state index contributed by atoms with van der Waals surface area (Å²) in [6.07, 6.45) is 3.34. The molecule has 2 unspecified atom stereocenters. The molecule has 3 rings (SSSR count). The number of rotatable bonds is 3. The number of nitrogens with two attached hydrogens (primary N) is 1. The van der Waals surface area contributed by atoms with Gasteiger partial charge in [-0.25, -0.2) is 0 Å². The van der Waals surface area contributed by atoms with E-state index in [1.54, 1.807) is 0 Å². The van der Waals surface area contributed by atoms with E-state index in [9.17, 15) is 0 Å².